The first kappa shape index (κ1) is 17.6. The average molecular weight is 304 g/mol. The van der Waals surface area contributed by atoms with Gasteiger partial charge in [-0.05, 0) is 37.1 Å². The topological polar surface area (TPSA) is 72.8 Å². The highest BCUT2D eigenvalue weighted by Crippen LogP contribution is 2.20. The van der Waals surface area contributed by atoms with Gasteiger partial charge in [0.2, 0.25) is 0 Å². The second-order valence-corrected chi connectivity index (χ2v) is 4.53. The molecule has 0 atom stereocenters. The van der Waals surface area contributed by atoms with Gasteiger partial charge in [0.1, 0.15) is 5.75 Å². The number of phenols is 1. The third-order valence-corrected chi connectivity index (χ3v) is 2.90. The van der Waals surface area contributed by atoms with Crippen molar-refractivity contribution in [3.8, 4) is 17.6 Å². The quantitative estimate of drug-likeness (QED) is 0.644. The molecule has 0 unspecified atom stereocenters. The summed E-state index contributed by atoms with van der Waals surface area (Å²) in [5.41, 5.74) is 1.37. The maximum Gasteiger partial charge on any atom is 0.306 e. The molecule has 22 heavy (non-hydrogen) atoms. The predicted octanol–water partition coefficient (Wildman–Crippen LogP) is 2.19. The third-order valence-electron chi connectivity index (χ3n) is 2.90. The van der Waals surface area contributed by atoms with Gasteiger partial charge in [-0.3, -0.25) is 9.59 Å². The first-order chi connectivity index (χ1) is 10.6. The van der Waals surface area contributed by atoms with Crippen molar-refractivity contribution >= 4 is 11.9 Å². The van der Waals surface area contributed by atoms with Crippen LogP contribution in [0.3, 0.4) is 0 Å². The van der Waals surface area contributed by atoms with Crippen LogP contribution in [-0.4, -0.2) is 30.8 Å². The molecule has 0 aromatic heterocycles. The molecular weight excluding hydrogens is 284 g/mol. The lowest BCUT2D eigenvalue weighted by Gasteiger charge is -2.05. The zero-order valence-corrected chi connectivity index (χ0v) is 12.8. The van der Waals surface area contributed by atoms with Gasteiger partial charge in [-0.15, -0.1) is 0 Å². The summed E-state index contributed by atoms with van der Waals surface area (Å²) in [7, 11) is 1.34. The molecule has 0 radical (unpaired) electrons. The van der Waals surface area contributed by atoms with Crippen molar-refractivity contribution in [1.29, 1.82) is 0 Å². The molecule has 0 bridgehead atoms. The zero-order valence-electron chi connectivity index (χ0n) is 12.8. The molecule has 0 aliphatic rings. The molecule has 0 amide bonds. The average Bonchev–Trinajstić information content (AvgIpc) is 2.51. The Balaban J connectivity index is 2.63. The van der Waals surface area contributed by atoms with Crippen LogP contribution in [0.15, 0.2) is 18.2 Å². The van der Waals surface area contributed by atoms with Crippen molar-refractivity contribution in [1.82, 2.24) is 0 Å². The van der Waals surface area contributed by atoms with E-state index in [2.05, 4.69) is 16.6 Å². The Morgan fingerprint density at radius 3 is 2.68 bits per heavy atom. The van der Waals surface area contributed by atoms with Gasteiger partial charge in [-0.2, -0.15) is 0 Å². The van der Waals surface area contributed by atoms with Crippen molar-refractivity contribution in [2.75, 3.05) is 13.7 Å². The fourth-order valence-electron chi connectivity index (χ4n) is 1.76. The van der Waals surface area contributed by atoms with Crippen LogP contribution in [0.25, 0.3) is 0 Å². The van der Waals surface area contributed by atoms with Crippen LogP contribution < -0.4 is 0 Å². The molecule has 0 aliphatic heterocycles. The summed E-state index contributed by atoms with van der Waals surface area (Å²) in [4.78, 5) is 22.3. The van der Waals surface area contributed by atoms with Gasteiger partial charge in [-0.1, -0.05) is 11.8 Å². The molecule has 5 heteroatoms. The van der Waals surface area contributed by atoms with Crippen LogP contribution in [-0.2, 0) is 25.5 Å². The molecule has 118 valence electrons. The molecule has 1 rings (SSSR count). The first-order valence-corrected chi connectivity index (χ1v) is 7.10. The molecule has 0 fully saturated rings. The Bertz CT molecular complexity index is 580. The molecule has 0 heterocycles. The van der Waals surface area contributed by atoms with E-state index in [1.807, 2.05) is 0 Å². The molecule has 0 saturated heterocycles. The summed E-state index contributed by atoms with van der Waals surface area (Å²) in [5, 5.41) is 9.79. The summed E-state index contributed by atoms with van der Waals surface area (Å²) >= 11 is 0. The number of methoxy groups -OCH3 is 1. The van der Waals surface area contributed by atoms with Gasteiger partial charge in [0.15, 0.2) is 0 Å². The van der Waals surface area contributed by atoms with Gasteiger partial charge in [0.05, 0.1) is 20.1 Å². The summed E-state index contributed by atoms with van der Waals surface area (Å²) < 4.78 is 9.38. The Hall–Kier alpha value is -2.48. The summed E-state index contributed by atoms with van der Waals surface area (Å²) in [6.07, 6.45) is 1.26. The van der Waals surface area contributed by atoms with Crippen LogP contribution in [0.1, 0.15) is 37.3 Å². The molecule has 0 aliphatic carbocycles. The van der Waals surface area contributed by atoms with Crippen LogP contribution in [0.5, 0.6) is 5.75 Å². The van der Waals surface area contributed by atoms with E-state index >= 15 is 0 Å². The van der Waals surface area contributed by atoms with Crippen LogP contribution >= 0.6 is 0 Å². The van der Waals surface area contributed by atoms with Crippen molar-refractivity contribution < 1.29 is 24.2 Å². The summed E-state index contributed by atoms with van der Waals surface area (Å²) in [5.74, 6) is 5.33. The Kier molecular flexibility index (Phi) is 7.55. The Morgan fingerprint density at radius 1 is 1.23 bits per heavy atom. The second kappa shape index (κ2) is 9.46. The van der Waals surface area contributed by atoms with Crippen molar-refractivity contribution in [2.45, 2.75) is 32.6 Å². The molecule has 1 aromatic rings. The van der Waals surface area contributed by atoms with E-state index in [4.69, 9.17) is 4.74 Å². The van der Waals surface area contributed by atoms with E-state index in [1.54, 1.807) is 25.1 Å². The molecule has 1 aromatic carbocycles. The van der Waals surface area contributed by atoms with Crippen molar-refractivity contribution in [3.63, 3.8) is 0 Å². The highest BCUT2D eigenvalue weighted by molar-refractivity contribution is 5.70. The number of hydrogen-bond acceptors (Lipinski definition) is 5. The monoisotopic (exact) mass is 304 g/mol. The van der Waals surface area contributed by atoms with Gasteiger partial charge in [0, 0.05) is 18.4 Å². The van der Waals surface area contributed by atoms with Gasteiger partial charge < -0.3 is 14.6 Å². The number of benzene rings is 1. The fraction of sp³-hybridized carbons (Fsp3) is 0.412. The largest absolute Gasteiger partial charge is 0.508 e. The number of carbonyl (C=O) groups is 2. The van der Waals surface area contributed by atoms with E-state index in [0.717, 1.165) is 5.56 Å². The number of rotatable bonds is 6. The standard InChI is InChI=1S/C17H20O5/c1-3-22-17(20)11-9-14-12-13(8-10-15(14)18)6-4-5-7-16(19)21-2/h8,10,12,18H,3,5,7,9,11H2,1-2H3. The lowest BCUT2D eigenvalue weighted by Crippen LogP contribution is -2.05. The molecule has 1 N–H and O–H groups in total. The van der Waals surface area contributed by atoms with Crippen LogP contribution in [0.2, 0.25) is 0 Å². The van der Waals surface area contributed by atoms with Gasteiger partial charge in [0.25, 0.3) is 0 Å². The highest BCUT2D eigenvalue weighted by Gasteiger charge is 2.07. The van der Waals surface area contributed by atoms with Crippen molar-refractivity contribution in [2.24, 2.45) is 0 Å². The zero-order chi connectivity index (χ0) is 16.4. The number of hydrogen-bond donors (Lipinski definition) is 1. The van der Waals surface area contributed by atoms with E-state index in [9.17, 15) is 14.7 Å². The molecular formula is C17H20O5. The smallest absolute Gasteiger partial charge is 0.306 e. The second-order valence-electron chi connectivity index (χ2n) is 4.53. The number of ether oxygens (including phenoxy) is 2. The van der Waals surface area contributed by atoms with E-state index in [-0.39, 0.29) is 30.5 Å². The first-order valence-electron chi connectivity index (χ1n) is 7.10. The maximum atomic E-state index is 11.3. The Morgan fingerprint density at radius 2 is 2.00 bits per heavy atom. The minimum atomic E-state index is -0.296. The number of phenolic OH excluding ortho intramolecular Hbond substituents is 1. The Labute approximate surface area is 130 Å². The maximum absolute atomic E-state index is 11.3. The van der Waals surface area contributed by atoms with Crippen LogP contribution in [0, 0.1) is 11.8 Å². The van der Waals surface area contributed by atoms with E-state index in [1.165, 1.54) is 7.11 Å². The normalized spacial score (nSPS) is 9.55. The summed E-state index contributed by atoms with van der Waals surface area (Å²) in [6.45, 7) is 2.09. The fourth-order valence-corrected chi connectivity index (χ4v) is 1.76. The lowest BCUT2D eigenvalue weighted by molar-refractivity contribution is -0.143. The molecule has 0 spiro atoms. The molecule has 5 nitrogen and oxygen atoms in total. The third kappa shape index (κ3) is 6.31. The SMILES string of the molecule is CCOC(=O)CCc1cc(C#CCCC(=O)OC)ccc1O. The van der Waals surface area contributed by atoms with E-state index in [0.29, 0.717) is 25.0 Å². The van der Waals surface area contributed by atoms with Gasteiger partial charge in [-0.25, -0.2) is 0 Å². The lowest BCUT2D eigenvalue weighted by atomic mass is 10.1. The minimum Gasteiger partial charge on any atom is -0.508 e. The highest BCUT2D eigenvalue weighted by atomic mass is 16.5. The minimum absolute atomic E-state index is 0.129. The number of aryl methyl sites for hydroxylation is 1. The van der Waals surface area contributed by atoms with Crippen molar-refractivity contribution in [3.05, 3.63) is 29.3 Å². The number of aromatic hydroxyl groups is 1. The predicted molar refractivity (Wildman–Crippen MR) is 81.2 cm³/mol. The molecule has 0 saturated carbocycles. The summed E-state index contributed by atoms with van der Waals surface area (Å²) in [6, 6.07) is 4.97. The van der Waals surface area contributed by atoms with E-state index < -0.39 is 0 Å². The number of esters is 2. The van der Waals surface area contributed by atoms with Gasteiger partial charge >= 0.3 is 11.9 Å². The van der Waals surface area contributed by atoms with Crippen LogP contribution in [0.4, 0.5) is 0 Å². The number of carbonyl (C=O) groups excluding carboxylic acids is 2.